The zero-order valence-electron chi connectivity index (χ0n) is 7.51. The molecule has 0 aliphatic rings. The Labute approximate surface area is 86.5 Å². The zero-order chi connectivity index (χ0) is 9.68. The van der Waals surface area contributed by atoms with Crippen molar-refractivity contribution in [2.45, 2.75) is 6.92 Å². The van der Waals surface area contributed by atoms with Gasteiger partial charge >= 0.3 is 0 Å². The lowest BCUT2D eigenvalue weighted by molar-refractivity contribution is 0.0991. The van der Waals surface area contributed by atoms with Crippen LogP contribution in [0.3, 0.4) is 0 Å². The van der Waals surface area contributed by atoms with Crippen molar-refractivity contribution in [2.75, 3.05) is 13.1 Å². The second-order valence-corrected chi connectivity index (χ2v) is 3.54. The first-order valence-electron chi connectivity index (χ1n) is 4.24. The minimum atomic E-state index is 0.120. The maximum Gasteiger partial charge on any atom is 0.177 e. The third-order valence-electron chi connectivity index (χ3n) is 1.71. The predicted octanol–water partition coefficient (Wildman–Crippen LogP) is 2.24. The number of Topliss-reactive ketones (excluding diaryl/α,β-unsaturated/α-hetero) is 1. The zero-order valence-corrected chi connectivity index (χ0v) is 9.10. The molecule has 0 aliphatic carbocycles. The Morgan fingerprint density at radius 1 is 1.46 bits per heavy atom. The highest BCUT2D eigenvalue weighted by atomic mass is 79.9. The van der Waals surface area contributed by atoms with Gasteiger partial charge in [-0.25, -0.2) is 0 Å². The Hall–Kier alpha value is -0.670. The van der Waals surface area contributed by atoms with Crippen LogP contribution < -0.4 is 5.32 Å². The van der Waals surface area contributed by atoms with E-state index in [1.807, 2.05) is 31.2 Å². The van der Waals surface area contributed by atoms with Crippen molar-refractivity contribution in [2.24, 2.45) is 0 Å². The first-order chi connectivity index (χ1) is 6.25. The van der Waals surface area contributed by atoms with Gasteiger partial charge in [0.2, 0.25) is 0 Å². The average molecular weight is 242 g/mol. The molecule has 1 aromatic rings. The summed E-state index contributed by atoms with van der Waals surface area (Å²) in [5, 5.41) is 3.00. The molecule has 3 heteroatoms. The van der Waals surface area contributed by atoms with E-state index in [4.69, 9.17) is 0 Å². The molecule has 0 aromatic heterocycles. The summed E-state index contributed by atoms with van der Waals surface area (Å²) in [6.07, 6.45) is 0. The number of halogens is 1. The number of hydrogen-bond donors (Lipinski definition) is 1. The number of ketones is 1. The Kier molecular flexibility index (Phi) is 4.12. The highest BCUT2D eigenvalue weighted by Crippen LogP contribution is 2.15. The summed E-state index contributed by atoms with van der Waals surface area (Å²) in [5.41, 5.74) is 0.739. The second-order valence-electron chi connectivity index (χ2n) is 2.68. The maximum absolute atomic E-state index is 11.5. The van der Waals surface area contributed by atoms with Gasteiger partial charge in [0.25, 0.3) is 0 Å². The molecule has 1 aromatic carbocycles. The summed E-state index contributed by atoms with van der Waals surface area (Å²) in [6, 6.07) is 7.46. The van der Waals surface area contributed by atoms with E-state index < -0.39 is 0 Å². The van der Waals surface area contributed by atoms with Crippen LogP contribution in [0.15, 0.2) is 28.7 Å². The van der Waals surface area contributed by atoms with Crippen molar-refractivity contribution in [3.63, 3.8) is 0 Å². The molecular weight excluding hydrogens is 230 g/mol. The van der Waals surface area contributed by atoms with Crippen LogP contribution in [0.1, 0.15) is 17.3 Å². The van der Waals surface area contributed by atoms with E-state index in [0.717, 1.165) is 16.6 Å². The van der Waals surface area contributed by atoms with Crippen LogP contribution in [0.2, 0.25) is 0 Å². The smallest absolute Gasteiger partial charge is 0.177 e. The van der Waals surface area contributed by atoms with Crippen LogP contribution in [0.4, 0.5) is 0 Å². The van der Waals surface area contributed by atoms with Gasteiger partial charge in [-0.1, -0.05) is 41.1 Å². The largest absolute Gasteiger partial charge is 0.310 e. The number of rotatable bonds is 4. The van der Waals surface area contributed by atoms with Crippen LogP contribution in [0.25, 0.3) is 0 Å². The lowest BCUT2D eigenvalue weighted by atomic mass is 10.1. The van der Waals surface area contributed by atoms with Gasteiger partial charge in [0.05, 0.1) is 6.54 Å². The van der Waals surface area contributed by atoms with Gasteiger partial charge in [0.1, 0.15) is 0 Å². The summed E-state index contributed by atoms with van der Waals surface area (Å²) in [7, 11) is 0. The van der Waals surface area contributed by atoms with Crippen molar-refractivity contribution in [1.29, 1.82) is 0 Å². The summed E-state index contributed by atoms with van der Waals surface area (Å²) >= 11 is 3.34. The third-order valence-corrected chi connectivity index (χ3v) is 2.40. The Morgan fingerprint density at radius 3 is 2.77 bits per heavy atom. The molecule has 0 heterocycles. The molecule has 0 atom stereocenters. The first-order valence-corrected chi connectivity index (χ1v) is 5.03. The first kappa shape index (κ1) is 10.4. The maximum atomic E-state index is 11.5. The molecule has 0 spiro atoms. The SMILES string of the molecule is CCNCC(=O)c1ccccc1Br. The van der Waals surface area contributed by atoms with Crippen molar-refractivity contribution in [3.8, 4) is 0 Å². The van der Waals surface area contributed by atoms with Crippen molar-refractivity contribution in [1.82, 2.24) is 5.32 Å². The van der Waals surface area contributed by atoms with E-state index in [0.29, 0.717) is 6.54 Å². The molecular formula is C10H12BrNO. The summed E-state index contributed by atoms with van der Waals surface area (Å²) < 4.78 is 0.859. The normalized spacial score (nSPS) is 10.0. The summed E-state index contributed by atoms with van der Waals surface area (Å²) in [6.45, 7) is 3.20. The standard InChI is InChI=1S/C10H12BrNO/c1-2-12-7-10(13)8-5-3-4-6-9(8)11/h3-6,12H,2,7H2,1H3. The molecule has 0 saturated heterocycles. The van der Waals surface area contributed by atoms with Crippen LogP contribution in [-0.4, -0.2) is 18.9 Å². The number of nitrogens with one attached hydrogen (secondary N) is 1. The van der Waals surface area contributed by atoms with Gasteiger partial charge in [0.15, 0.2) is 5.78 Å². The Balaban J connectivity index is 2.71. The van der Waals surface area contributed by atoms with Crippen LogP contribution >= 0.6 is 15.9 Å². The minimum Gasteiger partial charge on any atom is -0.310 e. The van der Waals surface area contributed by atoms with E-state index in [2.05, 4.69) is 21.2 Å². The van der Waals surface area contributed by atoms with Gasteiger partial charge in [0, 0.05) is 10.0 Å². The molecule has 1 rings (SSSR count). The highest BCUT2D eigenvalue weighted by Gasteiger charge is 2.07. The molecule has 0 aliphatic heterocycles. The number of hydrogen-bond acceptors (Lipinski definition) is 2. The number of carbonyl (C=O) groups is 1. The van der Waals surface area contributed by atoms with Crippen molar-refractivity contribution >= 4 is 21.7 Å². The number of benzene rings is 1. The third kappa shape index (κ3) is 2.94. The van der Waals surface area contributed by atoms with E-state index >= 15 is 0 Å². The van der Waals surface area contributed by atoms with E-state index in [9.17, 15) is 4.79 Å². The van der Waals surface area contributed by atoms with Crippen LogP contribution in [0.5, 0.6) is 0 Å². The quantitative estimate of drug-likeness (QED) is 0.820. The molecule has 0 unspecified atom stereocenters. The molecule has 13 heavy (non-hydrogen) atoms. The van der Waals surface area contributed by atoms with Crippen molar-refractivity contribution < 1.29 is 4.79 Å². The molecule has 0 saturated carbocycles. The van der Waals surface area contributed by atoms with Gasteiger partial charge in [-0.05, 0) is 12.6 Å². The fraction of sp³-hybridized carbons (Fsp3) is 0.300. The Bertz CT molecular complexity index is 299. The molecule has 0 amide bonds. The summed E-state index contributed by atoms with van der Waals surface area (Å²) in [4.78, 5) is 11.5. The lowest BCUT2D eigenvalue weighted by Gasteiger charge is -2.03. The molecule has 0 radical (unpaired) electrons. The van der Waals surface area contributed by atoms with Crippen LogP contribution in [-0.2, 0) is 0 Å². The molecule has 2 nitrogen and oxygen atoms in total. The molecule has 1 N–H and O–H groups in total. The number of carbonyl (C=O) groups excluding carboxylic acids is 1. The van der Waals surface area contributed by atoms with E-state index in [1.54, 1.807) is 0 Å². The van der Waals surface area contributed by atoms with Crippen molar-refractivity contribution in [3.05, 3.63) is 34.3 Å². The second kappa shape index (κ2) is 5.14. The average Bonchev–Trinajstić information content (AvgIpc) is 2.15. The van der Waals surface area contributed by atoms with E-state index in [1.165, 1.54) is 0 Å². The topological polar surface area (TPSA) is 29.1 Å². The van der Waals surface area contributed by atoms with Crippen LogP contribution in [0, 0.1) is 0 Å². The fourth-order valence-electron chi connectivity index (χ4n) is 1.02. The highest BCUT2D eigenvalue weighted by molar-refractivity contribution is 9.10. The molecule has 0 bridgehead atoms. The molecule has 70 valence electrons. The minimum absolute atomic E-state index is 0.120. The molecule has 0 fully saturated rings. The monoisotopic (exact) mass is 241 g/mol. The lowest BCUT2D eigenvalue weighted by Crippen LogP contribution is -2.22. The predicted molar refractivity (Wildman–Crippen MR) is 57.0 cm³/mol. The van der Waals surface area contributed by atoms with Gasteiger partial charge in [-0.15, -0.1) is 0 Å². The number of likely N-dealkylation sites (N-methyl/N-ethyl adjacent to an activating group) is 1. The van der Waals surface area contributed by atoms with E-state index in [-0.39, 0.29) is 5.78 Å². The fourth-order valence-corrected chi connectivity index (χ4v) is 1.53. The Morgan fingerprint density at radius 2 is 2.15 bits per heavy atom. The summed E-state index contributed by atoms with van der Waals surface area (Å²) in [5.74, 6) is 0.120. The van der Waals surface area contributed by atoms with Gasteiger partial charge < -0.3 is 5.32 Å². The van der Waals surface area contributed by atoms with Gasteiger partial charge in [-0.2, -0.15) is 0 Å². The van der Waals surface area contributed by atoms with Gasteiger partial charge in [-0.3, -0.25) is 4.79 Å².